The molecule has 0 saturated heterocycles. The summed E-state index contributed by atoms with van der Waals surface area (Å²) >= 11 is 0. The number of ketones is 3. The van der Waals surface area contributed by atoms with E-state index in [-0.39, 0.29) is 35.7 Å². The average Bonchev–Trinajstić information content (AvgIpc) is 2.94. The van der Waals surface area contributed by atoms with Crippen LogP contribution in [0.1, 0.15) is 86.4 Å². The lowest BCUT2D eigenvalue weighted by atomic mass is 9.78. The summed E-state index contributed by atoms with van der Waals surface area (Å²) in [5, 5.41) is 0. The molecule has 0 heterocycles. The monoisotopic (exact) mass is 544 g/mol. The molecule has 0 radical (unpaired) electrons. The summed E-state index contributed by atoms with van der Waals surface area (Å²) in [4.78, 5) is 61.4. The smallest absolute Gasteiger partial charge is 0.384 e. The molecular weight excluding hydrogens is 515 g/mol. The maximum absolute atomic E-state index is 13.5. The van der Waals surface area contributed by atoms with Crippen molar-refractivity contribution in [3.63, 3.8) is 0 Å². The molecule has 11 heteroatoms. The molecule has 38 heavy (non-hydrogen) atoms. The van der Waals surface area contributed by atoms with Crippen LogP contribution in [0.5, 0.6) is 0 Å². The summed E-state index contributed by atoms with van der Waals surface area (Å²) in [6.45, 7) is 2.73. The van der Waals surface area contributed by atoms with Gasteiger partial charge >= 0.3 is 13.6 Å². The topological polar surface area (TPSA) is 132 Å². The van der Waals surface area contributed by atoms with Gasteiger partial charge in [0.05, 0.1) is 25.8 Å². The average molecular weight is 544 g/mol. The molecule has 0 saturated carbocycles. The zero-order chi connectivity index (χ0) is 27.3. The molecule has 0 spiro atoms. The van der Waals surface area contributed by atoms with Crippen molar-refractivity contribution in [2.75, 3.05) is 26.0 Å². The zero-order valence-corrected chi connectivity index (χ0v) is 22.2. The molecule has 202 valence electrons. The van der Waals surface area contributed by atoms with Crippen molar-refractivity contribution in [3.05, 3.63) is 69.3 Å². The van der Waals surface area contributed by atoms with Crippen molar-refractivity contribution in [3.8, 4) is 0 Å². The molecule has 4 rings (SSSR count). The fourth-order valence-electron chi connectivity index (χ4n) is 4.54. The standard InChI is InChI=1S/C27H29O10P/c1-3-34-36-38(32,37-35-4-2)13-12-24(29)33-16-23(28)19-10-7-11-20-25(19)27(31)22-15-18-9-6-5-8-17(18)14-21(22)26(20)30/h7,10-11,14-15H,3-6,8-9,12-13,16H2,1-2H3. The third-order valence-corrected chi connectivity index (χ3v) is 7.77. The highest BCUT2D eigenvalue weighted by Crippen LogP contribution is 2.49. The number of benzene rings is 2. The number of Topliss-reactive ketones (excluding diaryl/α,β-unsaturated/α-hetero) is 1. The third-order valence-electron chi connectivity index (χ3n) is 6.33. The van der Waals surface area contributed by atoms with Crippen molar-refractivity contribution >= 4 is 30.9 Å². The second-order valence-corrected chi connectivity index (χ2v) is 10.9. The Hall–Kier alpha value is -3.01. The highest BCUT2D eigenvalue weighted by molar-refractivity contribution is 7.53. The van der Waals surface area contributed by atoms with E-state index in [1.807, 2.05) is 6.07 Å². The van der Waals surface area contributed by atoms with Gasteiger partial charge in [-0.15, -0.1) is 9.35 Å². The molecule has 0 amide bonds. The van der Waals surface area contributed by atoms with E-state index >= 15 is 0 Å². The molecule has 2 aliphatic rings. The van der Waals surface area contributed by atoms with Crippen molar-refractivity contribution in [1.82, 2.24) is 0 Å². The quantitative estimate of drug-likeness (QED) is 0.105. The van der Waals surface area contributed by atoms with Crippen LogP contribution >= 0.6 is 7.60 Å². The highest BCUT2D eigenvalue weighted by Gasteiger charge is 2.35. The molecule has 2 aromatic carbocycles. The largest absolute Gasteiger partial charge is 0.457 e. The van der Waals surface area contributed by atoms with Crippen molar-refractivity contribution in [2.24, 2.45) is 0 Å². The Balaban J connectivity index is 1.46. The van der Waals surface area contributed by atoms with Crippen LogP contribution in [0, 0.1) is 0 Å². The number of hydrogen-bond donors (Lipinski definition) is 0. The van der Waals surface area contributed by atoms with E-state index in [9.17, 15) is 23.7 Å². The highest BCUT2D eigenvalue weighted by atomic mass is 31.2. The van der Waals surface area contributed by atoms with Crippen LogP contribution in [0.25, 0.3) is 0 Å². The lowest BCUT2D eigenvalue weighted by molar-refractivity contribution is -0.263. The van der Waals surface area contributed by atoms with Gasteiger partial charge in [0.1, 0.15) is 0 Å². The van der Waals surface area contributed by atoms with Crippen molar-refractivity contribution in [1.29, 1.82) is 0 Å². The van der Waals surface area contributed by atoms with Gasteiger partial charge in [-0.2, -0.15) is 0 Å². The number of ether oxygens (including phenoxy) is 1. The Morgan fingerprint density at radius 3 is 2.08 bits per heavy atom. The molecule has 0 aliphatic heterocycles. The number of rotatable bonds is 12. The van der Waals surface area contributed by atoms with Gasteiger partial charge in [0, 0.05) is 27.8 Å². The van der Waals surface area contributed by atoms with Crippen LogP contribution in [-0.4, -0.2) is 49.3 Å². The first-order valence-electron chi connectivity index (χ1n) is 12.6. The molecule has 0 aromatic heterocycles. The van der Waals surface area contributed by atoms with Crippen LogP contribution in [0.4, 0.5) is 0 Å². The summed E-state index contributed by atoms with van der Waals surface area (Å²) in [7, 11) is -3.89. The van der Waals surface area contributed by atoms with Crippen molar-refractivity contribution < 1.29 is 47.6 Å². The molecule has 0 unspecified atom stereocenters. The second kappa shape index (κ2) is 12.2. The van der Waals surface area contributed by atoms with Crippen LogP contribution in [0.3, 0.4) is 0 Å². The number of esters is 1. The predicted octanol–water partition coefficient (Wildman–Crippen LogP) is 4.59. The number of carbonyl (C=O) groups excluding carboxylic acids is 4. The molecular formula is C27H29O10P. The third kappa shape index (κ3) is 6.00. The normalized spacial score (nSPS) is 14.5. The summed E-state index contributed by atoms with van der Waals surface area (Å²) in [5.41, 5.74) is 2.95. The number of hydrogen-bond acceptors (Lipinski definition) is 10. The Morgan fingerprint density at radius 2 is 1.47 bits per heavy atom. The predicted molar refractivity (Wildman–Crippen MR) is 134 cm³/mol. The molecule has 0 N–H and O–H groups in total. The first kappa shape index (κ1) is 28.0. The second-order valence-electron chi connectivity index (χ2n) is 8.89. The lowest BCUT2D eigenvalue weighted by Gasteiger charge is -2.23. The molecule has 0 fully saturated rings. The van der Waals surface area contributed by atoms with Crippen LogP contribution in [0.2, 0.25) is 0 Å². The SMILES string of the molecule is CCOOP(=O)(CCC(=O)OCC(=O)c1cccc2c1C(=O)c1cc3c(cc1C2=O)CCCC3)OOCC. The zero-order valence-electron chi connectivity index (χ0n) is 21.3. The molecule has 10 nitrogen and oxygen atoms in total. The first-order valence-corrected chi connectivity index (χ1v) is 14.3. The maximum Gasteiger partial charge on any atom is 0.384 e. The summed E-state index contributed by atoms with van der Waals surface area (Å²) in [6.07, 6.45) is 2.95. The summed E-state index contributed by atoms with van der Waals surface area (Å²) in [5.74, 6) is -2.20. The minimum absolute atomic E-state index is 0.00190. The number of fused-ring (bicyclic) bond motifs is 3. The fourth-order valence-corrected chi connectivity index (χ4v) is 5.70. The van der Waals surface area contributed by atoms with Crippen molar-refractivity contribution in [2.45, 2.75) is 46.0 Å². The van der Waals surface area contributed by atoms with Gasteiger partial charge in [0.2, 0.25) is 5.78 Å². The first-order chi connectivity index (χ1) is 18.3. The molecule has 2 aliphatic carbocycles. The van der Waals surface area contributed by atoms with Gasteiger partial charge in [-0.05, 0) is 62.8 Å². The van der Waals surface area contributed by atoms with Gasteiger partial charge in [0.15, 0.2) is 18.2 Å². The van der Waals surface area contributed by atoms with Crippen LogP contribution < -0.4 is 0 Å². The van der Waals surface area contributed by atoms with Gasteiger partial charge in [-0.3, -0.25) is 23.7 Å². The van der Waals surface area contributed by atoms with E-state index in [0.29, 0.717) is 11.1 Å². The molecule has 2 aromatic rings. The fraction of sp³-hybridized carbons (Fsp3) is 0.407. The van der Waals surface area contributed by atoms with Gasteiger partial charge in [-0.1, -0.05) is 18.2 Å². The summed E-state index contributed by atoms with van der Waals surface area (Å²) in [6, 6.07) is 8.07. The van der Waals surface area contributed by atoms with E-state index in [1.54, 1.807) is 19.9 Å². The minimum atomic E-state index is -3.89. The van der Waals surface area contributed by atoms with Gasteiger partial charge < -0.3 is 4.74 Å². The van der Waals surface area contributed by atoms with Gasteiger partial charge in [0.25, 0.3) is 0 Å². The lowest BCUT2D eigenvalue weighted by Crippen LogP contribution is -2.26. The van der Waals surface area contributed by atoms with E-state index in [4.69, 9.17) is 14.1 Å². The van der Waals surface area contributed by atoms with E-state index in [0.717, 1.165) is 36.8 Å². The molecule has 0 atom stereocenters. The van der Waals surface area contributed by atoms with Crippen LogP contribution in [-0.2, 0) is 46.1 Å². The Labute approximate surface area is 219 Å². The maximum atomic E-state index is 13.5. The van der Waals surface area contributed by atoms with Gasteiger partial charge in [-0.25, -0.2) is 9.78 Å². The minimum Gasteiger partial charge on any atom is -0.457 e. The van der Waals surface area contributed by atoms with Crippen LogP contribution in [0.15, 0.2) is 30.3 Å². The Morgan fingerprint density at radius 1 is 0.868 bits per heavy atom. The van der Waals surface area contributed by atoms with E-state index in [1.165, 1.54) is 18.2 Å². The molecule has 0 bridgehead atoms. The summed E-state index contributed by atoms with van der Waals surface area (Å²) < 4.78 is 27.1. The number of carbonyl (C=O) groups is 4. The Bertz CT molecular complexity index is 1300. The van der Waals surface area contributed by atoms with E-state index < -0.39 is 44.3 Å². The Kier molecular flexibility index (Phi) is 9.02. The van der Waals surface area contributed by atoms with E-state index in [2.05, 4.69) is 9.78 Å². The number of aryl methyl sites for hydroxylation is 2.